The number of nitrogens with one attached hydrogen (secondary N) is 1. The van der Waals surface area contributed by atoms with Gasteiger partial charge in [-0.1, -0.05) is 0 Å². The van der Waals surface area contributed by atoms with Crippen molar-refractivity contribution in [1.82, 2.24) is 9.88 Å². The summed E-state index contributed by atoms with van der Waals surface area (Å²) in [6.07, 6.45) is 8.42. The normalized spacial score (nSPS) is 17.9. The smallest absolute Gasteiger partial charge is 0.257 e. The van der Waals surface area contributed by atoms with Crippen LogP contribution in [0.3, 0.4) is 0 Å². The maximum atomic E-state index is 12.5. The van der Waals surface area contributed by atoms with E-state index in [0.29, 0.717) is 31.5 Å². The minimum absolute atomic E-state index is 0.00105. The fourth-order valence-corrected chi connectivity index (χ4v) is 3.75. The van der Waals surface area contributed by atoms with Gasteiger partial charge < -0.3 is 19.5 Å². The van der Waals surface area contributed by atoms with Gasteiger partial charge in [-0.3, -0.25) is 9.59 Å². The van der Waals surface area contributed by atoms with Gasteiger partial charge in [-0.25, -0.2) is 4.98 Å². The zero-order chi connectivity index (χ0) is 18.6. The molecule has 0 saturated carbocycles. The van der Waals surface area contributed by atoms with Gasteiger partial charge in [0.25, 0.3) is 5.91 Å². The molecule has 0 unspecified atom stereocenters. The second-order valence-corrected chi connectivity index (χ2v) is 7.17. The van der Waals surface area contributed by atoms with E-state index in [1.807, 2.05) is 12.1 Å². The maximum absolute atomic E-state index is 12.5. The Morgan fingerprint density at radius 3 is 2.48 bits per heavy atom. The summed E-state index contributed by atoms with van der Waals surface area (Å²) < 4.78 is 4.97. The maximum Gasteiger partial charge on any atom is 0.257 e. The average Bonchev–Trinajstić information content (AvgIpc) is 3.42. The standard InChI is InChI=1S/C20H24N4O3/c25-19(22-17-3-4-18(21-13-17)23-8-1-2-9-23)15-5-10-24(11-6-15)20(26)16-7-12-27-14-16/h3-4,7,12-15H,1-2,5-6,8-11H2,(H,22,25). The Balaban J connectivity index is 1.28. The van der Waals surface area contributed by atoms with Crippen LogP contribution in [0.1, 0.15) is 36.0 Å². The highest BCUT2D eigenvalue weighted by molar-refractivity contribution is 5.95. The van der Waals surface area contributed by atoms with Crippen LogP contribution in [0.25, 0.3) is 0 Å². The van der Waals surface area contributed by atoms with Gasteiger partial charge in [0.2, 0.25) is 5.91 Å². The van der Waals surface area contributed by atoms with Crippen LogP contribution < -0.4 is 10.2 Å². The van der Waals surface area contributed by atoms with Gasteiger partial charge in [-0.2, -0.15) is 0 Å². The third-order valence-electron chi connectivity index (χ3n) is 5.37. The van der Waals surface area contributed by atoms with Crippen LogP contribution >= 0.6 is 0 Å². The number of carbonyl (C=O) groups excluding carboxylic acids is 2. The molecule has 2 aliphatic rings. The van der Waals surface area contributed by atoms with Crippen LogP contribution in [0.4, 0.5) is 11.5 Å². The summed E-state index contributed by atoms with van der Waals surface area (Å²) in [4.78, 5) is 33.4. The lowest BCUT2D eigenvalue weighted by molar-refractivity contribution is -0.121. The summed E-state index contributed by atoms with van der Waals surface area (Å²) in [6.45, 7) is 3.26. The van der Waals surface area contributed by atoms with Gasteiger partial charge in [0.15, 0.2) is 0 Å². The largest absolute Gasteiger partial charge is 0.472 e. The number of piperidine rings is 1. The zero-order valence-electron chi connectivity index (χ0n) is 15.3. The summed E-state index contributed by atoms with van der Waals surface area (Å²) in [5.41, 5.74) is 1.28. The highest BCUT2D eigenvalue weighted by Gasteiger charge is 2.28. The SMILES string of the molecule is O=C(Nc1ccc(N2CCCC2)nc1)C1CCN(C(=O)c2ccoc2)CC1. The predicted molar refractivity (Wildman–Crippen MR) is 102 cm³/mol. The number of hydrogen-bond donors (Lipinski definition) is 1. The van der Waals surface area contributed by atoms with Crippen molar-refractivity contribution in [2.75, 3.05) is 36.4 Å². The number of rotatable bonds is 4. The second-order valence-electron chi connectivity index (χ2n) is 7.17. The predicted octanol–water partition coefficient (Wildman–Crippen LogP) is 2.77. The number of anilines is 2. The molecule has 0 aromatic carbocycles. The number of aromatic nitrogens is 1. The first-order valence-corrected chi connectivity index (χ1v) is 9.54. The molecule has 0 radical (unpaired) electrons. The molecular weight excluding hydrogens is 344 g/mol. The van der Waals surface area contributed by atoms with E-state index in [1.165, 1.54) is 25.4 Å². The third kappa shape index (κ3) is 3.97. The lowest BCUT2D eigenvalue weighted by Crippen LogP contribution is -2.41. The summed E-state index contributed by atoms with van der Waals surface area (Å²) in [5.74, 6) is 0.846. The minimum atomic E-state index is -0.0864. The Kier molecular flexibility index (Phi) is 5.09. The fourth-order valence-electron chi connectivity index (χ4n) is 3.75. The first-order chi connectivity index (χ1) is 13.2. The van der Waals surface area contributed by atoms with Crippen molar-refractivity contribution in [3.8, 4) is 0 Å². The van der Waals surface area contributed by atoms with E-state index in [0.717, 1.165) is 24.6 Å². The first-order valence-electron chi connectivity index (χ1n) is 9.54. The molecule has 0 atom stereocenters. The molecule has 0 bridgehead atoms. The van der Waals surface area contributed by atoms with E-state index in [2.05, 4.69) is 15.2 Å². The van der Waals surface area contributed by atoms with Crippen LogP contribution in [-0.2, 0) is 4.79 Å². The molecule has 2 aromatic rings. The van der Waals surface area contributed by atoms with Gasteiger partial charge in [0.1, 0.15) is 12.1 Å². The monoisotopic (exact) mass is 368 g/mol. The van der Waals surface area contributed by atoms with E-state index >= 15 is 0 Å². The van der Waals surface area contributed by atoms with Gasteiger partial charge in [0.05, 0.1) is 23.7 Å². The third-order valence-corrected chi connectivity index (χ3v) is 5.37. The van der Waals surface area contributed by atoms with Gasteiger partial charge >= 0.3 is 0 Å². The van der Waals surface area contributed by atoms with Crippen LogP contribution in [-0.4, -0.2) is 47.9 Å². The molecule has 27 heavy (non-hydrogen) atoms. The number of amides is 2. The topological polar surface area (TPSA) is 78.7 Å². The van der Waals surface area contributed by atoms with Crippen molar-refractivity contribution in [3.05, 3.63) is 42.5 Å². The molecule has 2 aromatic heterocycles. The Labute approximate surface area is 158 Å². The molecule has 7 nitrogen and oxygen atoms in total. The number of nitrogens with zero attached hydrogens (tertiary/aromatic N) is 3. The Hall–Kier alpha value is -2.83. The minimum Gasteiger partial charge on any atom is -0.472 e. The number of carbonyl (C=O) groups is 2. The van der Waals surface area contributed by atoms with E-state index in [-0.39, 0.29) is 17.7 Å². The molecule has 2 fully saturated rings. The molecule has 142 valence electrons. The summed E-state index contributed by atoms with van der Waals surface area (Å²) >= 11 is 0. The summed E-state index contributed by atoms with van der Waals surface area (Å²) in [6, 6.07) is 5.54. The summed E-state index contributed by atoms with van der Waals surface area (Å²) in [7, 11) is 0. The molecular formula is C20H24N4O3. The molecule has 2 aliphatic heterocycles. The molecule has 1 N–H and O–H groups in total. The van der Waals surface area contributed by atoms with Gasteiger partial charge in [-0.05, 0) is 43.9 Å². The van der Waals surface area contributed by atoms with Gasteiger partial charge in [0, 0.05) is 32.1 Å². The van der Waals surface area contributed by atoms with E-state index in [4.69, 9.17) is 4.42 Å². The number of hydrogen-bond acceptors (Lipinski definition) is 5. The quantitative estimate of drug-likeness (QED) is 0.898. The van der Waals surface area contributed by atoms with Crippen molar-refractivity contribution in [3.63, 3.8) is 0 Å². The van der Waals surface area contributed by atoms with Crippen molar-refractivity contribution in [1.29, 1.82) is 0 Å². The van der Waals surface area contributed by atoms with Crippen LogP contribution in [0.15, 0.2) is 41.3 Å². The summed E-state index contributed by atoms with van der Waals surface area (Å²) in [5, 5.41) is 2.96. The van der Waals surface area contributed by atoms with Crippen LogP contribution in [0.2, 0.25) is 0 Å². The average molecular weight is 368 g/mol. The molecule has 4 heterocycles. The lowest BCUT2D eigenvalue weighted by atomic mass is 9.95. The highest BCUT2D eigenvalue weighted by atomic mass is 16.3. The molecule has 7 heteroatoms. The molecule has 4 rings (SSSR count). The van der Waals surface area contributed by atoms with Crippen molar-refractivity contribution in [2.45, 2.75) is 25.7 Å². The molecule has 2 amide bonds. The van der Waals surface area contributed by atoms with Gasteiger partial charge in [-0.15, -0.1) is 0 Å². The second kappa shape index (κ2) is 7.82. The van der Waals surface area contributed by atoms with E-state index in [9.17, 15) is 9.59 Å². The fraction of sp³-hybridized carbons (Fsp3) is 0.450. The number of pyridine rings is 1. The number of furan rings is 1. The molecule has 0 aliphatic carbocycles. The zero-order valence-corrected chi connectivity index (χ0v) is 15.3. The first kappa shape index (κ1) is 17.6. The van der Waals surface area contributed by atoms with Crippen LogP contribution in [0.5, 0.6) is 0 Å². The van der Waals surface area contributed by atoms with Crippen LogP contribution in [0, 0.1) is 5.92 Å². The van der Waals surface area contributed by atoms with Crippen molar-refractivity contribution in [2.24, 2.45) is 5.92 Å². The van der Waals surface area contributed by atoms with E-state index in [1.54, 1.807) is 17.2 Å². The Morgan fingerprint density at radius 1 is 1.07 bits per heavy atom. The van der Waals surface area contributed by atoms with Crippen molar-refractivity contribution < 1.29 is 14.0 Å². The molecule has 2 saturated heterocycles. The lowest BCUT2D eigenvalue weighted by Gasteiger charge is -2.31. The molecule has 0 spiro atoms. The highest BCUT2D eigenvalue weighted by Crippen LogP contribution is 2.22. The Morgan fingerprint density at radius 2 is 1.85 bits per heavy atom. The van der Waals surface area contributed by atoms with E-state index < -0.39 is 0 Å². The van der Waals surface area contributed by atoms with Crippen molar-refractivity contribution >= 4 is 23.3 Å². The number of likely N-dealkylation sites (tertiary alicyclic amines) is 1. The Bertz CT molecular complexity index is 774.